The molecule has 0 spiro atoms. The fourth-order valence-electron chi connectivity index (χ4n) is 2.23. The molecule has 5 heteroatoms. The number of ether oxygens (including phenoxy) is 2. The number of hydrogen-bond donors (Lipinski definition) is 1. The molecule has 0 amide bonds. The van der Waals surface area contributed by atoms with E-state index in [2.05, 4.69) is 5.32 Å². The summed E-state index contributed by atoms with van der Waals surface area (Å²) >= 11 is 0. The van der Waals surface area contributed by atoms with Crippen molar-refractivity contribution in [1.29, 1.82) is 0 Å². The Hall–Kier alpha value is -1.20. The molecule has 1 fully saturated rings. The molecule has 1 aliphatic rings. The number of benzene rings is 1. The van der Waals surface area contributed by atoms with Gasteiger partial charge in [0.2, 0.25) is 5.82 Å². The molecule has 19 heavy (non-hydrogen) atoms. The first-order valence-corrected chi connectivity index (χ1v) is 6.61. The van der Waals surface area contributed by atoms with Gasteiger partial charge < -0.3 is 14.8 Å². The molecule has 1 aromatic carbocycles. The monoisotopic (exact) mass is 271 g/mol. The van der Waals surface area contributed by atoms with Gasteiger partial charge >= 0.3 is 0 Å². The third kappa shape index (κ3) is 3.64. The molecule has 106 valence electrons. The first kappa shape index (κ1) is 14.2. The summed E-state index contributed by atoms with van der Waals surface area (Å²) in [6.07, 6.45) is 0.695. The first-order valence-electron chi connectivity index (χ1n) is 6.61. The van der Waals surface area contributed by atoms with Gasteiger partial charge in [-0.05, 0) is 32.0 Å². The van der Waals surface area contributed by atoms with Crippen LogP contribution in [0.2, 0.25) is 0 Å². The van der Waals surface area contributed by atoms with Crippen molar-refractivity contribution in [3.05, 3.63) is 29.8 Å². The molecule has 1 N–H and O–H groups in total. The summed E-state index contributed by atoms with van der Waals surface area (Å²) in [4.78, 5) is 0. The van der Waals surface area contributed by atoms with Gasteiger partial charge in [0.1, 0.15) is 6.10 Å². The maximum Gasteiger partial charge on any atom is 0.200 e. The summed E-state index contributed by atoms with van der Waals surface area (Å²) in [6.45, 7) is 4.59. The van der Waals surface area contributed by atoms with Gasteiger partial charge in [0.05, 0.1) is 6.61 Å². The van der Waals surface area contributed by atoms with Gasteiger partial charge in [0.25, 0.3) is 0 Å². The van der Waals surface area contributed by atoms with Crippen LogP contribution in [0.5, 0.6) is 5.75 Å². The Morgan fingerprint density at radius 1 is 1.42 bits per heavy atom. The van der Waals surface area contributed by atoms with Crippen LogP contribution in [0.3, 0.4) is 0 Å². The van der Waals surface area contributed by atoms with E-state index in [1.807, 2.05) is 6.92 Å². The van der Waals surface area contributed by atoms with Crippen LogP contribution < -0.4 is 10.1 Å². The van der Waals surface area contributed by atoms with Gasteiger partial charge in [-0.2, -0.15) is 4.39 Å². The maximum absolute atomic E-state index is 13.6. The lowest BCUT2D eigenvalue weighted by molar-refractivity contribution is 0.0267. The van der Waals surface area contributed by atoms with E-state index in [4.69, 9.17) is 9.47 Å². The summed E-state index contributed by atoms with van der Waals surface area (Å²) in [7, 11) is 0. The third-order valence-electron chi connectivity index (χ3n) is 3.30. The molecule has 0 aromatic heterocycles. The van der Waals surface area contributed by atoms with Crippen molar-refractivity contribution in [2.24, 2.45) is 5.92 Å². The molecule has 0 radical (unpaired) electrons. The normalized spacial score (nSPS) is 20.5. The van der Waals surface area contributed by atoms with Crippen LogP contribution in [0.15, 0.2) is 18.2 Å². The summed E-state index contributed by atoms with van der Waals surface area (Å²) < 4.78 is 37.8. The molecule has 2 rings (SSSR count). The Labute approximate surface area is 111 Å². The van der Waals surface area contributed by atoms with Crippen LogP contribution in [0, 0.1) is 17.6 Å². The van der Waals surface area contributed by atoms with E-state index >= 15 is 0 Å². The quantitative estimate of drug-likeness (QED) is 0.861. The predicted octanol–water partition coefficient (Wildman–Crippen LogP) is 2.36. The molecular weight excluding hydrogens is 252 g/mol. The maximum atomic E-state index is 13.6. The standard InChI is InChI=1S/C14H19F2NO2/c1-2-18-9-13(10-6-7-17-8-10)19-12-5-3-4-11(15)14(12)16/h3-5,10,13,17H,2,6-9H2,1H3/t10?,13-/m0/s1. The van der Waals surface area contributed by atoms with E-state index < -0.39 is 11.6 Å². The van der Waals surface area contributed by atoms with E-state index in [0.717, 1.165) is 25.6 Å². The van der Waals surface area contributed by atoms with Crippen LogP contribution in [-0.4, -0.2) is 32.4 Å². The summed E-state index contributed by atoms with van der Waals surface area (Å²) in [5, 5.41) is 3.24. The number of rotatable bonds is 6. The van der Waals surface area contributed by atoms with Crippen LogP contribution >= 0.6 is 0 Å². The molecule has 0 bridgehead atoms. The van der Waals surface area contributed by atoms with E-state index in [0.29, 0.717) is 13.2 Å². The van der Waals surface area contributed by atoms with Crippen molar-refractivity contribution in [3.8, 4) is 5.75 Å². The fraction of sp³-hybridized carbons (Fsp3) is 0.571. The first-order chi connectivity index (χ1) is 9.22. The number of halogens is 2. The fourth-order valence-corrected chi connectivity index (χ4v) is 2.23. The predicted molar refractivity (Wildman–Crippen MR) is 68.2 cm³/mol. The lowest BCUT2D eigenvalue weighted by atomic mass is 10.0. The average Bonchev–Trinajstić information content (AvgIpc) is 2.93. The molecule has 1 saturated heterocycles. The minimum Gasteiger partial charge on any atom is -0.484 e. The second-order valence-electron chi connectivity index (χ2n) is 4.62. The zero-order valence-electron chi connectivity index (χ0n) is 11.0. The Morgan fingerprint density at radius 2 is 2.26 bits per heavy atom. The Bertz CT molecular complexity index is 408. The highest BCUT2D eigenvalue weighted by Gasteiger charge is 2.27. The van der Waals surface area contributed by atoms with Crippen LogP contribution in [-0.2, 0) is 4.74 Å². The van der Waals surface area contributed by atoms with Crippen molar-refractivity contribution in [3.63, 3.8) is 0 Å². The summed E-state index contributed by atoms with van der Waals surface area (Å²) in [5.74, 6) is -1.61. The minimum absolute atomic E-state index is 0.0448. The SMILES string of the molecule is CCOC[C@H](Oc1cccc(F)c1F)C1CCNC1. The van der Waals surface area contributed by atoms with Crippen LogP contribution in [0.25, 0.3) is 0 Å². The zero-order chi connectivity index (χ0) is 13.7. The largest absolute Gasteiger partial charge is 0.484 e. The lowest BCUT2D eigenvalue weighted by Gasteiger charge is -2.24. The Balaban J connectivity index is 2.07. The lowest BCUT2D eigenvalue weighted by Crippen LogP contribution is -2.33. The van der Waals surface area contributed by atoms with Crippen LogP contribution in [0.1, 0.15) is 13.3 Å². The molecule has 3 nitrogen and oxygen atoms in total. The molecule has 1 aliphatic heterocycles. The highest BCUT2D eigenvalue weighted by atomic mass is 19.2. The average molecular weight is 271 g/mol. The molecule has 1 unspecified atom stereocenters. The topological polar surface area (TPSA) is 30.5 Å². The molecular formula is C14H19F2NO2. The van der Waals surface area contributed by atoms with E-state index in [-0.39, 0.29) is 17.8 Å². The van der Waals surface area contributed by atoms with Gasteiger partial charge in [0.15, 0.2) is 11.6 Å². The molecule has 1 aromatic rings. The molecule has 1 heterocycles. The minimum atomic E-state index is -0.935. The van der Waals surface area contributed by atoms with E-state index in [9.17, 15) is 8.78 Å². The smallest absolute Gasteiger partial charge is 0.200 e. The van der Waals surface area contributed by atoms with Gasteiger partial charge in [-0.1, -0.05) is 6.07 Å². The van der Waals surface area contributed by atoms with Crippen molar-refractivity contribution >= 4 is 0 Å². The van der Waals surface area contributed by atoms with Gasteiger partial charge in [-0.15, -0.1) is 0 Å². The Kier molecular flexibility index (Phi) is 5.10. The molecule has 0 aliphatic carbocycles. The van der Waals surface area contributed by atoms with Crippen LogP contribution in [0.4, 0.5) is 8.78 Å². The number of nitrogens with one attached hydrogen (secondary N) is 1. The van der Waals surface area contributed by atoms with E-state index in [1.54, 1.807) is 0 Å². The van der Waals surface area contributed by atoms with Gasteiger partial charge in [-0.3, -0.25) is 0 Å². The zero-order valence-corrected chi connectivity index (χ0v) is 11.0. The van der Waals surface area contributed by atoms with Gasteiger partial charge in [-0.25, -0.2) is 4.39 Å². The highest BCUT2D eigenvalue weighted by molar-refractivity contribution is 5.25. The molecule has 0 saturated carbocycles. The second kappa shape index (κ2) is 6.82. The second-order valence-corrected chi connectivity index (χ2v) is 4.62. The summed E-state index contributed by atoms with van der Waals surface area (Å²) in [6, 6.07) is 3.97. The number of hydrogen-bond acceptors (Lipinski definition) is 3. The van der Waals surface area contributed by atoms with E-state index in [1.165, 1.54) is 12.1 Å². The highest BCUT2D eigenvalue weighted by Crippen LogP contribution is 2.24. The third-order valence-corrected chi connectivity index (χ3v) is 3.30. The van der Waals surface area contributed by atoms with Crippen molar-refractivity contribution in [2.45, 2.75) is 19.4 Å². The van der Waals surface area contributed by atoms with Crippen molar-refractivity contribution in [2.75, 3.05) is 26.3 Å². The molecule has 2 atom stereocenters. The summed E-state index contributed by atoms with van der Waals surface area (Å²) in [5.41, 5.74) is 0. The van der Waals surface area contributed by atoms with Crippen molar-refractivity contribution in [1.82, 2.24) is 5.32 Å². The Morgan fingerprint density at radius 3 is 2.95 bits per heavy atom. The van der Waals surface area contributed by atoms with Gasteiger partial charge in [0, 0.05) is 19.1 Å². The van der Waals surface area contributed by atoms with Crippen molar-refractivity contribution < 1.29 is 18.3 Å².